The summed E-state index contributed by atoms with van der Waals surface area (Å²) in [6.07, 6.45) is -0.233. The molecule has 0 aliphatic carbocycles. The van der Waals surface area contributed by atoms with Crippen LogP contribution in [-0.2, 0) is 9.59 Å². The highest BCUT2D eigenvalue weighted by Gasteiger charge is 2.54. The first-order valence-electron chi connectivity index (χ1n) is 11.2. The molecule has 10 heteroatoms. The van der Waals surface area contributed by atoms with Crippen LogP contribution in [0.3, 0.4) is 0 Å². The monoisotopic (exact) mass is 469 g/mol. The molecule has 3 heterocycles. The van der Waals surface area contributed by atoms with Crippen LogP contribution < -0.4 is 0 Å². The summed E-state index contributed by atoms with van der Waals surface area (Å²) in [5.74, 6) is -2.32. The minimum atomic E-state index is -5.08. The number of nitrogens with zero attached hydrogens (tertiary/aromatic N) is 3. The van der Waals surface area contributed by atoms with Crippen molar-refractivity contribution < 1.29 is 32.7 Å². The molecular formula is C23H30F3N3O4. The number of carboxylic acid groups (broad SMARTS) is 1. The topological polar surface area (TPSA) is 81.2 Å². The van der Waals surface area contributed by atoms with Crippen molar-refractivity contribution in [2.24, 2.45) is 5.41 Å². The first-order chi connectivity index (χ1) is 15.6. The minimum absolute atomic E-state index is 0.0944. The molecule has 0 bridgehead atoms. The Labute approximate surface area is 191 Å². The zero-order valence-electron chi connectivity index (χ0n) is 18.7. The Morgan fingerprint density at radius 1 is 0.939 bits per heavy atom. The van der Waals surface area contributed by atoms with Crippen molar-refractivity contribution in [2.75, 3.05) is 39.8 Å². The average molecular weight is 470 g/mol. The highest BCUT2D eigenvalue weighted by atomic mass is 19.4. The van der Waals surface area contributed by atoms with E-state index in [4.69, 9.17) is 9.90 Å². The molecule has 0 radical (unpaired) electrons. The number of alkyl halides is 3. The first-order valence-corrected chi connectivity index (χ1v) is 11.2. The van der Waals surface area contributed by atoms with Crippen LogP contribution in [0.1, 0.15) is 42.5 Å². The highest BCUT2D eigenvalue weighted by molar-refractivity contribution is 5.94. The number of benzene rings is 1. The Balaban J connectivity index is 0.000000383. The van der Waals surface area contributed by atoms with Crippen LogP contribution in [0.15, 0.2) is 30.3 Å². The van der Waals surface area contributed by atoms with Crippen molar-refractivity contribution in [3.63, 3.8) is 0 Å². The lowest BCUT2D eigenvalue weighted by Gasteiger charge is -2.37. The van der Waals surface area contributed by atoms with Gasteiger partial charge < -0.3 is 19.8 Å². The number of hydrogen-bond acceptors (Lipinski definition) is 4. The van der Waals surface area contributed by atoms with Crippen LogP contribution in [0.25, 0.3) is 0 Å². The zero-order valence-corrected chi connectivity index (χ0v) is 18.7. The van der Waals surface area contributed by atoms with Crippen molar-refractivity contribution in [2.45, 2.75) is 44.3 Å². The lowest BCUT2D eigenvalue weighted by atomic mass is 9.75. The molecule has 2 atom stereocenters. The molecule has 1 N–H and O–H groups in total. The van der Waals surface area contributed by atoms with Gasteiger partial charge in [0.1, 0.15) is 0 Å². The summed E-state index contributed by atoms with van der Waals surface area (Å²) in [5.41, 5.74) is 0.443. The van der Waals surface area contributed by atoms with Crippen molar-refractivity contribution in [3.05, 3.63) is 35.9 Å². The molecule has 3 aliphatic heterocycles. The molecule has 4 rings (SSSR count). The van der Waals surface area contributed by atoms with Crippen molar-refractivity contribution in [1.29, 1.82) is 0 Å². The van der Waals surface area contributed by atoms with Crippen LogP contribution in [0, 0.1) is 5.41 Å². The van der Waals surface area contributed by atoms with E-state index in [1.54, 1.807) is 0 Å². The summed E-state index contributed by atoms with van der Waals surface area (Å²) < 4.78 is 31.7. The maximum absolute atomic E-state index is 13.4. The van der Waals surface area contributed by atoms with E-state index in [-0.39, 0.29) is 17.4 Å². The SMILES string of the molecule is CN1CC[C@@]2(C(=O)N3CCCC3)CCN(C(=O)c3ccccc3)CC[C@@H]12.O=C(O)C(F)(F)F. The molecule has 1 aromatic carbocycles. The number of fused-ring (bicyclic) bond motifs is 1. The number of likely N-dealkylation sites (tertiary alicyclic amines) is 3. The Hall–Kier alpha value is -2.62. The van der Waals surface area contributed by atoms with Gasteiger partial charge in [-0.3, -0.25) is 9.59 Å². The Morgan fingerprint density at radius 3 is 2.09 bits per heavy atom. The summed E-state index contributed by atoms with van der Waals surface area (Å²) in [5, 5.41) is 7.12. The number of carboxylic acids is 1. The second kappa shape index (κ2) is 10.1. The summed E-state index contributed by atoms with van der Waals surface area (Å²) in [7, 11) is 2.14. The highest BCUT2D eigenvalue weighted by Crippen LogP contribution is 2.45. The molecule has 3 aliphatic rings. The third kappa shape index (κ3) is 5.48. The molecule has 0 unspecified atom stereocenters. The van der Waals surface area contributed by atoms with Crippen LogP contribution in [0.4, 0.5) is 13.2 Å². The third-order valence-corrected chi connectivity index (χ3v) is 6.95. The van der Waals surface area contributed by atoms with E-state index in [0.717, 1.165) is 63.8 Å². The number of rotatable bonds is 2. The van der Waals surface area contributed by atoms with Crippen LogP contribution in [0.5, 0.6) is 0 Å². The molecule has 7 nitrogen and oxygen atoms in total. The van der Waals surface area contributed by atoms with Gasteiger partial charge in [-0.25, -0.2) is 4.79 Å². The molecule has 3 saturated heterocycles. The number of carbonyl (C=O) groups is 3. The van der Waals surface area contributed by atoms with Crippen LogP contribution >= 0.6 is 0 Å². The summed E-state index contributed by atoms with van der Waals surface area (Å²) >= 11 is 0. The van der Waals surface area contributed by atoms with E-state index < -0.39 is 12.1 Å². The van der Waals surface area contributed by atoms with Gasteiger partial charge in [0.2, 0.25) is 5.91 Å². The van der Waals surface area contributed by atoms with Crippen molar-refractivity contribution >= 4 is 17.8 Å². The molecule has 0 saturated carbocycles. The van der Waals surface area contributed by atoms with Gasteiger partial charge in [-0.1, -0.05) is 18.2 Å². The van der Waals surface area contributed by atoms with E-state index >= 15 is 0 Å². The summed E-state index contributed by atoms with van der Waals surface area (Å²) in [6.45, 7) is 4.21. The Bertz CT molecular complexity index is 858. The fraction of sp³-hybridized carbons (Fsp3) is 0.609. The van der Waals surface area contributed by atoms with Gasteiger partial charge >= 0.3 is 12.1 Å². The van der Waals surface area contributed by atoms with E-state index in [2.05, 4.69) is 16.8 Å². The number of carbonyl (C=O) groups excluding carboxylic acids is 2. The standard InChI is InChI=1S/C21H29N3O2.C2HF3O2/c1-22-15-10-21(20(26)24-12-5-6-13-24)11-16-23(14-9-18(21)22)19(25)17-7-3-2-4-8-17;3-2(4,5)1(6)7/h2-4,7-8,18H,5-6,9-16H2,1H3;(H,6,7)/t18-,21-;/m1./s1. The van der Waals surface area contributed by atoms with Crippen molar-refractivity contribution in [3.8, 4) is 0 Å². The fourth-order valence-electron chi connectivity index (χ4n) is 5.19. The van der Waals surface area contributed by atoms with E-state index in [1.165, 1.54) is 0 Å². The summed E-state index contributed by atoms with van der Waals surface area (Å²) in [4.78, 5) is 41.6. The minimum Gasteiger partial charge on any atom is -0.475 e. The van der Waals surface area contributed by atoms with Gasteiger partial charge in [-0.15, -0.1) is 0 Å². The van der Waals surface area contributed by atoms with Gasteiger partial charge in [-0.2, -0.15) is 13.2 Å². The lowest BCUT2D eigenvalue weighted by Crippen LogP contribution is -2.49. The second-order valence-corrected chi connectivity index (χ2v) is 8.90. The normalized spacial score (nSPS) is 25.6. The number of amides is 2. The van der Waals surface area contributed by atoms with Gasteiger partial charge in [0.15, 0.2) is 0 Å². The van der Waals surface area contributed by atoms with E-state index in [1.807, 2.05) is 35.2 Å². The van der Waals surface area contributed by atoms with Gasteiger partial charge in [0.05, 0.1) is 5.41 Å². The maximum Gasteiger partial charge on any atom is 0.490 e. The van der Waals surface area contributed by atoms with Gasteiger partial charge in [0.25, 0.3) is 5.91 Å². The quantitative estimate of drug-likeness (QED) is 0.721. The molecule has 0 spiro atoms. The Kier molecular flexibility index (Phi) is 7.66. The zero-order chi connectivity index (χ0) is 24.2. The first kappa shape index (κ1) is 25.0. The molecule has 2 amide bonds. The maximum atomic E-state index is 13.4. The number of aliphatic carboxylic acids is 1. The van der Waals surface area contributed by atoms with Crippen molar-refractivity contribution in [1.82, 2.24) is 14.7 Å². The molecule has 33 heavy (non-hydrogen) atoms. The predicted molar refractivity (Wildman–Crippen MR) is 115 cm³/mol. The van der Waals surface area contributed by atoms with E-state index in [9.17, 15) is 22.8 Å². The molecule has 1 aromatic rings. The van der Waals surface area contributed by atoms with E-state index in [0.29, 0.717) is 12.5 Å². The second-order valence-electron chi connectivity index (χ2n) is 8.90. The average Bonchev–Trinajstić information content (AvgIpc) is 3.38. The third-order valence-electron chi connectivity index (χ3n) is 6.95. The van der Waals surface area contributed by atoms with Gasteiger partial charge in [-0.05, 0) is 57.8 Å². The van der Waals surface area contributed by atoms with Gasteiger partial charge in [0, 0.05) is 37.8 Å². The molecular weight excluding hydrogens is 439 g/mol. The smallest absolute Gasteiger partial charge is 0.475 e. The number of hydrogen-bond donors (Lipinski definition) is 1. The molecule has 182 valence electrons. The fourth-order valence-corrected chi connectivity index (χ4v) is 5.19. The lowest BCUT2D eigenvalue weighted by molar-refractivity contribution is -0.192. The number of halogens is 3. The largest absolute Gasteiger partial charge is 0.490 e. The summed E-state index contributed by atoms with van der Waals surface area (Å²) in [6, 6.07) is 9.76. The van der Waals surface area contributed by atoms with Crippen LogP contribution in [-0.4, -0.2) is 89.6 Å². The molecule has 0 aromatic heterocycles. The Morgan fingerprint density at radius 2 is 1.52 bits per heavy atom. The predicted octanol–water partition coefficient (Wildman–Crippen LogP) is 2.87. The van der Waals surface area contributed by atoms with Crippen LogP contribution in [0.2, 0.25) is 0 Å². The molecule has 3 fully saturated rings.